The number of guanidine groups is 1. The fourth-order valence-electron chi connectivity index (χ4n) is 2.25. The molecule has 0 spiro atoms. The van der Waals surface area contributed by atoms with E-state index in [1.807, 2.05) is 12.5 Å². The SMILES string of the molecule is CCNC(=NCc1ccc(Cn2ccnc2)cc1)NC1CC1.I. The molecule has 2 N–H and O–H groups in total. The Labute approximate surface area is 154 Å². The highest BCUT2D eigenvalue weighted by atomic mass is 127. The minimum Gasteiger partial charge on any atom is -0.357 e. The van der Waals surface area contributed by atoms with Crippen molar-refractivity contribution < 1.29 is 0 Å². The molecule has 5 nitrogen and oxygen atoms in total. The van der Waals surface area contributed by atoms with Gasteiger partial charge < -0.3 is 15.2 Å². The van der Waals surface area contributed by atoms with E-state index in [1.54, 1.807) is 6.20 Å². The van der Waals surface area contributed by atoms with Gasteiger partial charge in [0, 0.05) is 31.5 Å². The predicted molar refractivity (Wildman–Crippen MR) is 104 cm³/mol. The molecule has 2 aromatic rings. The van der Waals surface area contributed by atoms with Gasteiger partial charge in [-0.05, 0) is 30.9 Å². The molecule has 0 atom stereocenters. The third-order valence-corrected chi connectivity index (χ3v) is 3.63. The predicted octanol–water partition coefficient (Wildman–Crippen LogP) is 2.77. The van der Waals surface area contributed by atoms with E-state index in [0.29, 0.717) is 12.6 Å². The maximum Gasteiger partial charge on any atom is 0.191 e. The van der Waals surface area contributed by atoms with E-state index in [-0.39, 0.29) is 24.0 Å². The molecule has 3 rings (SSSR count). The highest BCUT2D eigenvalue weighted by Crippen LogP contribution is 2.18. The van der Waals surface area contributed by atoms with E-state index in [9.17, 15) is 0 Å². The van der Waals surface area contributed by atoms with Crippen LogP contribution in [0.3, 0.4) is 0 Å². The minimum atomic E-state index is 0. The number of nitrogens with zero attached hydrogens (tertiary/aromatic N) is 3. The highest BCUT2D eigenvalue weighted by molar-refractivity contribution is 14.0. The first kappa shape index (κ1) is 17.8. The molecular formula is C17H24IN5. The lowest BCUT2D eigenvalue weighted by molar-refractivity contribution is 0.795. The van der Waals surface area contributed by atoms with Crippen molar-refractivity contribution in [1.82, 2.24) is 20.2 Å². The number of aliphatic imine (C=N–C) groups is 1. The molecule has 1 aliphatic carbocycles. The van der Waals surface area contributed by atoms with Crippen molar-refractivity contribution in [3.05, 3.63) is 54.1 Å². The number of rotatable bonds is 6. The first-order chi connectivity index (χ1) is 10.8. The van der Waals surface area contributed by atoms with E-state index in [2.05, 4.69) is 56.4 Å². The number of hydrogen-bond acceptors (Lipinski definition) is 2. The van der Waals surface area contributed by atoms with Crippen LogP contribution in [0.15, 0.2) is 48.0 Å². The van der Waals surface area contributed by atoms with Gasteiger partial charge in [-0.3, -0.25) is 0 Å². The fraction of sp³-hybridized carbons (Fsp3) is 0.412. The quantitative estimate of drug-likeness (QED) is 0.425. The van der Waals surface area contributed by atoms with Crippen LogP contribution in [0.4, 0.5) is 0 Å². The molecule has 1 aromatic carbocycles. The molecule has 6 heteroatoms. The topological polar surface area (TPSA) is 54.2 Å². The van der Waals surface area contributed by atoms with Crippen LogP contribution in [0.2, 0.25) is 0 Å². The van der Waals surface area contributed by atoms with Crippen molar-refractivity contribution in [2.24, 2.45) is 4.99 Å². The van der Waals surface area contributed by atoms with Crippen LogP contribution < -0.4 is 10.6 Å². The number of hydrogen-bond donors (Lipinski definition) is 2. The van der Waals surface area contributed by atoms with Crippen LogP contribution >= 0.6 is 24.0 Å². The van der Waals surface area contributed by atoms with E-state index < -0.39 is 0 Å². The number of nitrogens with one attached hydrogen (secondary N) is 2. The summed E-state index contributed by atoms with van der Waals surface area (Å²) in [6.45, 7) is 4.54. The second kappa shape index (κ2) is 8.90. The zero-order valence-electron chi connectivity index (χ0n) is 13.4. The number of benzene rings is 1. The van der Waals surface area contributed by atoms with Crippen LogP contribution in [0, 0.1) is 0 Å². The highest BCUT2D eigenvalue weighted by Gasteiger charge is 2.21. The molecule has 0 aliphatic heterocycles. The lowest BCUT2D eigenvalue weighted by Gasteiger charge is -2.10. The van der Waals surface area contributed by atoms with Crippen LogP contribution in [0.25, 0.3) is 0 Å². The molecule has 1 aliphatic rings. The van der Waals surface area contributed by atoms with Gasteiger partial charge in [0.15, 0.2) is 5.96 Å². The largest absolute Gasteiger partial charge is 0.357 e. The second-order valence-corrected chi connectivity index (χ2v) is 5.67. The Balaban J connectivity index is 0.00000192. The summed E-state index contributed by atoms with van der Waals surface area (Å²) in [6, 6.07) is 9.24. The van der Waals surface area contributed by atoms with Gasteiger partial charge in [-0.2, -0.15) is 0 Å². The zero-order chi connectivity index (χ0) is 15.2. The fourth-order valence-corrected chi connectivity index (χ4v) is 2.25. The molecule has 0 radical (unpaired) electrons. The van der Waals surface area contributed by atoms with E-state index in [0.717, 1.165) is 19.0 Å². The monoisotopic (exact) mass is 425 g/mol. The molecule has 1 saturated carbocycles. The zero-order valence-corrected chi connectivity index (χ0v) is 15.7. The van der Waals surface area contributed by atoms with E-state index in [4.69, 9.17) is 0 Å². The van der Waals surface area contributed by atoms with Gasteiger partial charge in [0.25, 0.3) is 0 Å². The molecule has 124 valence electrons. The molecule has 0 bridgehead atoms. The summed E-state index contributed by atoms with van der Waals surface area (Å²) in [7, 11) is 0. The Bertz CT molecular complexity index is 602. The summed E-state index contributed by atoms with van der Waals surface area (Å²) >= 11 is 0. The summed E-state index contributed by atoms with van der Waals surface area (Å²) in [5.74, 6) is 0.924. The molecule has 1 fully saturated rings. The maximum atomic E-state index is 4.65. The Morgan fingerprint density at radius 2 is 2.00 bits per heavy atom. The molecule has 1 aromatic heterocycles. The first-order valence-electron chi connectivity index (χ1n) is 7.92. The Morgan fingerprint density at radius 3 is 2.61 bits per heavy atom. The summed E-state index contributed by atoms with van der Waals surface area (Å²) < 4.78 is 2.07. The van der Waals surface area contributed by atoms with Gasteiger partial charge in [-0.15, -0.1) is 24.0 Å². The van der Waals surface area contributed by atoms with Crippen molar-refractivity contribution in [2.75, 3.05) is 6.54 Å². The third kappa shape index (κ3) is 5.85. The second-order valence-electron chi connectivity index (χ2n) is 5.67. The van der Waals surface area contributed by atoms with E-state index >= 15 is 0 Å². The Morgan fingerprint density at radius 1 is 1.26 bits per heavy atom. The van der Waals surface area contributed by atoms with Gasteiger partial charge >= 0.3 is 0 Å². The van der Waals surface area contributed by atoms with Crippen LogP contribution in [-0.4, -0.2) is 28.1 Å². The lowest BCUT2D eigenvalue weighted by atomic mass is 10.1. The van der Waals surface area contributed by atoms with Crippen molar-refractivity contribution >= 4 is 29.9 Å². The minimum absolute atomic E-state index is 0. The third-order valence-electron chi connectivity index (χ3n) is 3.63. The average Bonchev–Trinajstić information content (AvgIpc) is 3.20. The van der Waals surface area contributed by atoms with Crippen molar-refractivity contribution in [3.63, 3.8) is 0 Å². The molecule has 0 amide bonds. The normalized spacial score (nSPS) is 14.2. The Kier molecular flexibility index (Phi) is 6.88. The average molecular weight is 425 g/mol. The lowest BCUT2D eigenvalue weighted by Crippen LogP contribution is -2.38. The van der Waals surface area contributed by atoms with E-state index in [1.165, 1.54) is 24.0 Å². The summed E-state index contributed by atoms with van der Waals surface area (Å²) in [5, 5.41) is 6.73. The number of imidazole rings is 1. The molecule has 0 saturated heterocycles. The number of aromatic nitrogens is 2. The molecular weight excluding hydrogens is 401 g/mol. The van der Waals surface area contributed by atoms with Crippen LogP contribution in [0.1, 0.15) is 30.9 Å². The van der Waals surface area contributed by atoms with Gasteiger partial charge in [-0.1, -0.05) is 24.3 Å². The smallest absolute Gasteiger partial charge is 0.191 e. The van der Waals surface area contributed by atoms with Gasteiger partial charge in [0.05, 0.1) is 12.9 Å². The molecule has 0 unspecified atom stereocenters. The number of halogens is 1. The van der Waals surface area contributed by atoms with Gasteiger partial charge in [0.1, 0.15) is 0 Å². The molecule has 1 heterocycles. The van der Waals surface area contributed by atoms with Crippen molar-refractivity contribution in [3.8, 4) is 0 Å². The van der Waals surface area contributed by atoms with Crippen LogP contribution in [0.5, 0.6) is 0 Å². The van der Waals surface area contributed by atoms with Gasteiger partial charge in [-0.25, -0.2) is 9.98 Å². The summed E-state index contributed by atoms with van der Waals surface area (Å²) in [4.78, 5) is 8.71. The maximum absolute atomic E-state index is 4.65. The Hall–Kier alpha value is -1.57. The summed E-state index contributed by atoms with van der Waals surface area (Å²) in [6.07, 6.45) is 8.13. The standard InChI is InChI=1S/C17H23N5.HI/c1-2-19-17(21-16-7-8-16)20-11-14-3-5-15(6-4-14)12-22-10-9-18-13-22;/h3-6,9-10,13,16H,2,7-8,11-12H2,1H3,(H2,19,20,21);1H. The van der Waals surface area contributed by atoms with Crippen molar-refractivity contribution in [1.29, 1.82) is 0 Å². The first-order valence-corrected chi connectivity index (χ1v) is 7.92. The van der Waals surface area contributed by atoms with Gasteiger partial charge in [0.2, 0.25) is 0 Å². The molecule has 23 heavy (non-hydrogen) atoms. The van der Waals surface area contributed by atoms with Crippen molar-refractivity contribution in [2.45, 2.75) is 38.9 Å². The summed E-state index contributed by atoms with van der Waals surface area (Å²) in [5.41, 5.74) is 2.50. The van der Waals surface area contributed by atoms with Crippen LogP contribution in [-0.2, 0) is 13.1 Å².